The monoisotopic (exact) mass is 398 g/mol. The van der Waals surface area contributed by atoms with E-state index in [-0.39, 0.29) is 19.5 Å². The molecule has 0 radical (unpaired) electrons. The van der Waals surface area contributed by atoms with Gasteiger partial charge in [0.1, 0.15) is 23.7 Å². The van der Waals surface area contributed by atoms with E-state index in [0.717, 1.165) is 4.90 Å². The number of hydrogen-bond acceptors (Lipinski definition) is 5. The van der Waals surface area contributed by atoms with Crippen LogP contribution in [-0.2, 0) is 21.7 Å². The Morgan fingerprint density at radius 1 is 1.31 bits per heavy atom. The Morgan fingerprint density at radius 3 is 2.66 bits per heavy atom. The van der Waals surface area contributed by atoms with Gasteiger partial charge in [0.15, 0.2) is 0 Å². The molecule has 0 unspecified atom stereocenters. The van der Waals surface area contributed by atoms with Crippen LogP contribution in [0.25, 0.3) is 0 Å². The number of benzene rings is 1. The van der Waals surface area contributed by atoms with Crippen LogP contribution < -0.4 is 5.32 Å². The van der Waals surface area contributed by atoms with Gasteiger partial charge in [-0.25, -0.2) is 9.18 Å². The molecule has 9 heteroatoms. The number of urea groups is 1. The molecule has 0 bridgehead atoms. The van der Waals surface area contributed by atoms with Crippen molar-refractivity contribution in [3.05, 3.63) is 59.8 Å². The van der Waals surface area contributed by atoms with E-state index in [1.807, 2.05) is 6.07 Å². The summed E-state index contributed by atoms with van der Waals surface area (Å²) < 4.78 is 18.4. The summed E-state index contributed by atoms with van der Waals surface area (Å²) >= 11 is 0. The Morgan fingerprint density at radius 2 is 2.03 bits per heavy atom. The number of carbonyl (C=O) groups is 3. The molecule has 1 fully saturated rings. The van der Waals surface area contributed by atoms with Gasteiger partial charge in [-0.1, -0.05) is 12.1 Å². The molecule has 29 heavy (non-hydrogen) atoms. The van der Waals surface area contributed by atoms with Crippen molar-refractivity contribution in [2.24, 2.45) is 0 Å². The Labute approximate surface area is 166 Å². The first-order valence-corrected chi connectivity index (χ1v) is 8.92. The fourth-order valence-electron chi connectivity index (χ4n) is 3.12. The number of nitrogens with one attached hydrogen (secondary N) is 1. The summed E-state index contributed by atoms with van der Waals surface area (Å²) in [5.41, 5.74) is -0.993. The van der Waals surface area contributed by atoms with Crippen molar-refractivity contribution in [1.82, 2.24) is 15.1 Å². The maximum absolute atomic E-state index is 13.2. The average Bonchev–Trinajstić information content (AvgIpc) is 3.28. The van der Waals surface area contributed by atoms with E-state index in [1.54, 1.807) is 12.1 Å². The molecule has 0 spiro atoms. The first-order chi connectivity index (χ1) is 13.8. The minimum absolute atomic E-state index is 0.0971. The third-order valence-electron chi connectivity index (χ3n) is 4.76. The third kappa shape index (κ3) is 4.11. The maximum Gasteiger partial charge on any atom is 0.325 e. The molecule has 2 aromatic rings. The lowest BCUT2D eigenvalue weighted by atomic mass is 9.92. The number of rotatable bonds is 7. The quantitative estimate of drug-likeness (QED) is 0.719. The average molecular weight is 398 g/mol. The molecule has 1 aliphatic rings. The van der Waals surface area contributed by atoms with Crippen molar-refractivity contribution in [3.8, 4) is 6.07 Å². The molecule has 1 atom stereocenters. The number of nitriles is 1. The number of carbonyl (C=O) groups excluding carboxylic acids is 3. The molecule has 4 amide bonds. The molecular formula is C20H19FN4O4. The van der Waals surface area contributed by atoms with E-state index in [4.69, 9.17) is 9.68 Å². The molecule has 1 aromatic carbocycles. The molecule has 1 aromatic heterocycles. The molecule has 1 saturated heterocycles. The predicted octanol–water partition coefficient (Wildman–Crippen LogP) is 2.13. The van der Waals surface area contributed by atoms with Crippen LogP contribution in [0.5, 0.6) is 0 Å². The van der Waals surface area contributed by atoms with E-state index in [0.29, 0.717) is 11.3 Å². The van der Waals surface area contributed by atoms with Crippen LogP contribution in [0.4, 0.5) is 9.18 Å². The highest BCUT2D eigenvalue weighted by Crippen LogP contribution is 2.29. The van der Waals surface area contributed by atoms with Crippen LogP contribution in [0.15, 0.2) is 47.1 Å². The zero-order valence-electron chi connectivity index (χ0n) is 15.7. The summed E-state index contributed by atoms with van der Waals surface area (Å²) in [6.45, 7) is 1.27. The summed E-state index contributed by atoms with van der Waals surface area (Å²) in [6, 6.07) is 9.83. The van der Waals surface area contributed by atoms with Crippen LogP contribution in [0.1, 0.15) is 24.7 Å². The van der Waals surface area contributed by atoms with E-state index in [2.05, 4.69) is 5.32 Å². The largest absolute Gasteiger partial charge is 0.467 e. The van der Waals surface area contributed by atoms with Crippen molar-refractivity contribution in [3.63, 3.8) is 0 Å². The van der Waals surface area contributed by atoms with E-state index in [1.165, 1.54) is 42.4 Å². The number of nitrogens with zero attached hydrogens (tertiary/aromatic N) is 3. The fourth-order valence-corrected chi connectivity index (χ4v) is 3.12. The van der Waals surface area contributed by atoms with Gasteiger partial charge in [0, 0.05) is 6.54 Å². The minimum Gasteiger partial charge on any atom is -0.467 e. The van der Waals surface area contributed by atoms with Gasteiger partial charge in [-0.3, -0.25) is 14.5 Å². The van der Waals surface area contributed by atoms with Gasteiger partial charge in [0.25, 0.3) is 5.91 Å². The van der Waals surface area contributed by atoms with Crippen LogP contribution in [-0.4, -0.2) is 40.7 Å². The standard InChI is InChI=1S/C20H19FN4O4/c1-20(14-5-7-15(21)8-6-14)18(27)25(19(28)23-20)13-17(26)24(10-3-9-22)12-16-4-2-11-29-16/h2,4-8,11H,3,10,12-13H2,1H3,(H,23,28)/t20-/m0/s1. The Balaban J connectivity index is 1.76. The molecule has 1 N–H and O–H groups in total. The van der Waals surface area contributed by atoms with Crippen molar-refractivity contribution in [2.75, 3.05) is 13.1 Å². The fraction of sp³-hybridized carbons (Fsp3) is 0.300. The van der Waals surface area contributed by atoms with Gasteiger partial charge < -0.3 is 14.6 Å². The summed E-state index contributed by atoms with van der Waals surface area (Å²) in [6.07, 6.45) is 1.56. The first-order valence-electron chi connectivity index (χ1n) is 8.92. The van der Waals surface area contributed by atoms with Gasteiger partial charge in [-0.2, -0.15) is 5.26 Å². The Kier molecular flexibility index (Phi) is 5.64. The number of imide groups is 1. The van der Waals surface area contributed by atoms with Crippen LogP contribution in [0, 0.1) is 17.1 Å². The molecule has 3 rings (SSSR count). The zero-order valence-corrected chi connectivity index (χ0v) is 15.7. The second-order valence-electron chi connectivity index (χ2n) is 6.76. The summed E-state index contributed by atoms with van der Waals surface area (Å²) in [5, 5.41) is 11.4. The van der Waals surface area contributed by atoms with Gasteiger partial charge in [0.2, 0.25) is 5.91 Å². The first kappa shape index (κ1) is 20.1. The molecule has 150 valence electrons. The van der Waals surface area contributed by atoms with E-state index < -0.39 is 35.7 Å². The predicted molar refractivity (Wildman–Crippen MR) is 98.4 cm³/mol. The van der Waals surface area contributed by atoms with Crippen LogP contribution in [0.3, 0.4) is 0 Å². The third-order valence-corrected chi connectivity index (χ3v) is 4.76. The van der Waals surface area contributed by atoms with Gasteiger partial charge >= 0.3 is 6.03 Å². The van der Waals surface area contributed by atoms with Gasteiger partial charge in [-0.15, -0.1) is 0 Å². The molecule has 2 heterocycles. The van der Waals surface area contributed by atoms with Crippen molar-refractivity contribution in [1.29, 1.82) is 5.26 Å². The number of hydrogen-bond donors (Lipinski definition) is 1. The van der Waals surface area contributed by atoms with E-state index in [9.17, 15) is 18.8 Å². The Bertz CT molecular complexity index is 952. The lowest BCUT2D eigenvalue weighted by molar-refractivity contribution is -0.139. The second-order valence-corrected chi connectivity index (χ2v) is 6.76. The molecule has 8 nitrogen and oxygen atoms in total. The van der Waals surface area contributed by atoms with E-state index >= 15 is 0 Å². The maximum atomic E-state index is 13.2. The number of halogens is 1. The minimum atomic E-state index is -1.40. The highest BCUT2D eigenvalue weighted by Gasteiger charge is 2.49. The molecule has 1 aliphatic heterocycles. The smallest absolute Gasteiger partial charge is 0.325 e. The normalized spacial score (nSPS) is 18.4. The lowest BCUT2D eigenvalue weighted by Gasteiger charge is -2.24. The number of amides is 4. The van der Waals surface area contributed by atoms with Crippen LogP contribution in [0.2, 0.25) is 0 Å². The highest BCUT2D eigenvalue weighted by atomic mass is 19.1. The molecular weight excluding hydrogens is 379 g/mol. The van der Waals surface area contributed by atoms with Crippen molar-refractivity contribution >= 4 is 17.8 Å². The molecule has 0 saturated carbocycles. The van der Waals surface area contributed by atoms with Crippen LogP contribution >= 0.6 is 0 Å². The summed E-state index contributed by atoms with van der Waals surface area (Å²) in [7, 11) is 0. The second kappa shape index (κ2) is 8.14. The Hall–Kier alpha value is -3.67. The SMILES string of the molecule is C[C@@]1(c2ccc(F)cc2)NC(=O)N(CC(=O)N(CCC#N)Cc2ccco2)C1=O. The topological polar surface area (TPSA) is 107 Å². The summed E-state index contributed by atoms with van der Waals surface area (Å²) in [5.74, 6) is -1.05. The van der Waals surface area contributed by atoms with Crippen molar-refractivity contribution < 1.29 is 23.2 Å². The molecule has 0 aliphatic carbocycles. The van der Waals surface area contributed by atoms with Gasteiger partial charge in [0.05, 0.1) is 25.3 Å². The summed E-state index contributed by atoms with van der Waals surface area (Å²) in [4.78, 5) is 40.3. The lowest BCUT2D eigenvalue weighted by Crippen LogP contribution is -2.44. The number of furan rings is 1. The van der Waals surface area contributed by atoms with Crippen molar-refractivity contribution in [2.45, 2.75) is 25.4 Å². The van der Waals surface area contributed by atoms with Gasteiger partial charge in [-0.05, 0) is 36.8 Å². The zero-order chi connectivity index (χ0) is 21.0. The highest BCUT2D eigenvalue weighted by molar-refractivity contribution is 6.09.